The molecule has 0 aromatic heterocycles. The highest BCUT2D eigenvalue weighted by atomic mass is 28.3. The Hall–Kier alpha value is -0.773. The lowest BCUT2D eigenvalue weighted by atomic mass is 10.4. The van der Waals surface area contributed by atoms with Gasteiger partial charge in [-0.1, -0.05) is 32.3 Å². The van der Waals surface area contributed by atoms with Gasteiger partial charge in [0.1, 0.15) is 5.76 Å². The van der Waals surface area contributed by atoms with Crippen molar-refractivity contribution in [1.29, 1.82) is 0 Å². The normalized spacial score (nSPS) is 12.8. The molecule has 4 heteroatoms. The van der Waals surface area contributed by atoms with Crippen LogP contribution in [0.5, 0.6) is 0 Å². The standard InChI is InChI=1S/C8H16O3Si/c1-5-7(11-8(9)10)6-12(2,3)4/h6H,5H2,1-4H3,(H,9,10). The van der Waals surface area contributed by atoms with Gasteiger partial charge >= 0.3 is 6.16 Å². The fourth-order valence-electron chi connectivity index (χ4n) is 0.799. The van der Waals surface area contributed by atoms with Crippen LogP contribution in [0, 0.1) is 0 Å². The van der Waals surface area contributed by atoms with Gasteiger partial charge in [0.15, 0.2) is 0 Å². The van der Waals surface area contributed by atoms with Crippen LogP contribution in [0.15, 0.2) is 11.5 Å². The first kappa shape index (κ1) is 11.2. The van der Waals surface area contributed by atoms with Crippen LogP contribution >= 0.6 is 0 Å². The largest absolute Gasteiger partial charge is 0.510 e. The Morgan fingerprint density at radius 2 is 2.00 bits per heavy atom. The Bertz CT molecular complexity index is 191. The highest BCUT2D eigenvalue weighted by Crippen LogP contribution is 2.11. The molecule has 0 aromatic rings. The first-order valence-electron chi connectivity index (χ1n) is 3.97. The maximum Gasteiger partial charge on any atom is 0.510 e. The molecule has 0 saturated heterocycles. The van der Waals surface area contributed by atoms with Gasteiger partial charge in [-0.05, 0) is 0 Å². The summed E-state index contributed by atoms with van der Waals surface area (Å²) in [6.07, 6.45) is -0.585. The smallest absolute Gasteiger partial charge is 0.449 e. The van der Waals surface area contributed by atoms with Crippen LogP contribution in [-0.4, -0.2) is 19.3 Å². The summed E-state index contributed by atoms with van der Waals surface area (Å²) in [6, 6.07) is 0. The minimum atomic E-state index is -1.36. The molecule has 3 nitrogen and oxygen atoms in total. The van der Waals surface area contributed by atoms with Crippen molar-refractivity contribution < 1.29 is 14.6 Å². The molecule has 0 rings (SSSR count). The van der Waals surface area contributed by atoms with Gasteiger partial charge in [0, 0.05) is 6.42 Å². The van der Waals surface area contributed by atoms with Crippen LogP contribution in [0.2, 0.25) is 19.6 Å². The zero-order valence-electron chi connectivity index (χ0n) is 8.05. The van der Waals surface area contributed by atoms with Crippen molar-refractivity contribution >= 4 is 14.2 Å². The fraction of sp³-hybridized carbons (Fsp3) is 0.625. The van der Waals surface area contributed by atoms with Crippen molar-refractivity contribution in [2.24, 2.45) is 0 Å². The molecule has 0 fully saturated rings. The van der Waals surface area contributed by atoms with E-state index in [1.165, 1.54) is 0 Å². The van der Waals surface area contributed by atoms with Gasteiger partial charge in [-0.15, -0.1) is 0 Å². The highest BCUT2D eigenvalue weighted by Gasteiger charge is 2.12. The summed E-state index contributed by atoms with van der Waals surface area (Å²) < 4.78 is 4.59. The molecule has 0 saturated carbocycles. The maximum absolute atomic E-state index is 10.2. The predicted molar refractivity (Wildman–Crippen MR) is 50.8 cm³/mol. The molecular formula is C8H16O3Si. The molecular weight excluding hydrogens is 172 g/mol. The third kappa shape index (κ3) is 5.97. The summed E-state index contributed by atoms with van der Waals surface area (Å²) in [6.45, 7) is 8.28. The molecule has 0 aliphatic rings. The van der Waals surface area contributed by atoms with E-state index < -0.39 is 14.2 Å². The summed E-state index contributed by atoms with van der Waals surface area (Å²) >= 11 is 0. The number of rotatable bonds is 3. The lowest BCUT2D eigenvalue weighted by Crippen LogP contribution is -2.18. The molecule has 70 valence electrons. The molecule has 0 aromatic carbocycles. The van der Waals surface area contributed by atoms with Crippen molar-refractivity contribution in [1.82, 2.24) is 0 Å². The molecule has 0 aliphatic carbocycles. The van der Waals surface area contributed by atoms with Crippen LogP contribution in [-0.2, 0) is 4.74 Å². The van der Waals surface area contributed by atoms with Crippen LogP contribution in [0.4, 0.5) is 4.79 Å². The number of carbonyl (C=O) groups is 1. The van der Waals surface area contributed by atoms with E-state index >= 15 is 0 Å². The molecule has 0 bridgehead atoms. The van der Waals surface area contributed by atoms with Crippen LogP contribution in [0.3, 0.4) is 0 Å². The van der Waals surface area contributed by atoms with E-state index in [1.54, 1.807) is 0 Å². The van der Waals surface area contributed by atoms with E-state index in [9.17, 15) is 4.79 Å². The molecule has 0 heterocycles. The van der Waals surface area contributed by atoms with Crippen LogP contribution < -0.4 is 0 Å². The van der Waals surface area contributed by atoms with Gasteiger partial charge in [-0.3, -0.25) is 0 Å². The maximum atomic E-state index is 10.2. The van der Waals surface area contributed by atoms with Crippen molar-refractivity contribution in [2.75, 3.05) is 0 Å². The number of hydrogen-bond donors (Lipinski definition) is 1. The molecule has 12 heavy (non-hydrogen) atoms. The molecule has 1 N–H and O–H groups in total. The second kappa shape index (κ2) is 4.30. The summed E-state index contributed by atoms with van der Waals surface area (Å²) in [5.41, 5.74) is 1.96. The van der Waals surface area contributed by atoms with E-state index in [0.29, 0.717) is 12.2 Å². The predicted octanol–water partition coefficient (Wildman–Crippen LogP) is 2.85. The Morgan fingerprint density at radius 1 is 1.50 bits per heavy atom. The summed E-state index contributed by atoms with van der Waals surface area (Å²) in [5, 5.41) is 8.36. The third-order valence-electron chi connectivity index (χ3n) is 1.16. The van der Waals surface area contributed by atoms with Gasteiger partial charge in [0.05, 0.1) is 8.07 Å². The van der Waals surface area contributed by atoms with Crippen molar-refractivity contribution in [3.63, 3.8) is 0 Å². The minimum Gasteiger partial charge on any atom is -0.449 e. The number of hydrogen-bond acceptors (Lipinski definition) is 2. The first-order chi connectivity index (χ1) is 5.35. The van der Waals surface area contributed by atoms with Crippen LogP contribution in [0.1, 0.15) is 13.3 Å². The second-order valence-corrected chi connectivity index (χ2v) is 8.72. The fourth-order valence-corrected chi connectivity index (χ4v) is 2.03. The summed E-state index contributed by atoms with van der Waals surface area (Å²) in [7, 11) is -1.36. The molecule has 0 atom stereocenters. The van der Waals surface area contributed by atoms with Gasteiger partial charge < -0.3 is 9.84 Å². The van der Waals surface area contributed by atoms with E-state index in [-0.39, 0.29) is 0 Å². The van der Waals surface area contributed by atoms with Crippen LogP contribution in [0.25, 0.3) is 0 Å². The Balaban J connectivity index is 4.34. The SMILES string of the molecule is CCC(=C[Si](C)(C)C)OC(=O)O. The molecule has 0 amide bonds. The quantitative estimate of drug-likeness (QED) is 0.421. The number of allylic oxidation sites excluding steroid dienone is 1. The average molecular weight is 188 g/mol. The second-order valence-electron chi connectivity index (χ2n) is 3.70. The lowest BCUT2D eigenvalue weighted by Gasteiger charge is -2.11. The van der Waals surface area contributed by atoms with Crippen molar-refractivity contribution in [3.8, 4) is 0 Å². The van der Waals surface area contributed by atoms with Crippen molar-refractivity contribution in [3.05, 3.63) is 11.5 Å². The lowest BCUT2D eigenvalue weighted by molar-refractivity contribution is 0.117. The van der Waals surface area contributed by atoms with E-state index in [1.807, 2.05) is 12.6 Å². The Kier molecular flexibility index (Phi) is 4.02. The molecule has 0 aliphatic heterocycles. The third-order valence-corrected chi connectivity index (χ3v) is 2.35. The van der Waals surface area contributed by atoms with Gasteiger partial charge in [0.25, 0.3) is 0 Å². The zero-order chi connectivity index (χ0) is 9.78. The highest BCUT2D eigenvalue weighted by molar-refractivity contribution is 6.81. The van der Waals surface area contributed by atoms with E-state index in [0.717, 1.165) is 0 Å². The van der Waals surface area contributed by atoms with Gasteiger partial charge in [-0.25, -0.2) is 4.79 Å². The first-order valence-corrected chi connectivity index (χ1v) is 7.55. The topological polar surface area (TPSA) is 46.5 Å². The van der Waals surface area contributed by atoms with Crippen molar-refractivity contribution in [2.45, 2.75) is 33.0 Å². The van der Waals surface area contributed by atoms with E-state index in [4.69, 9.17) is 5.11 Å². The monoisotopic (exact) mass is 188 g/mol. The summed E-state index contributed by atoms with van der Waals surface area (Å²) in [4.78, 5) is 10.2. The Morgan fingerprint density at radius 3 is 2.25 bits per heavy atom. The molecule has 0 spiro atoms. The molecule has 0 radical (unpaired) electrons. The summed E-state index contributed by atoms with van der Waals surface area (Å²) in [5.74, 6) is 0.571. The van der Waals surface area contributed by atoms with E-state index in [2.05, 4.69) is 24.4 Å². The zero-order valence-corrected chi connectivity index (χ0v) is 9.05. The molecule has 0 unspecified atom stereocenters. The van der Waals surface area contributed by atoms with Gasteiger partial charge in [-0.2, -0.15) is 0 Å². The minimum absolute atomic E-state index is 0.571. The van der Waals surface area contributed by atoms with Gasteiger partial charge in [0.2, 0.25) is 0 Å². The number of carboxylic acid groups (broad SMARTS) is 1. The average Bonchev–Trinajstić information content (AvgIpc) is 1.82. The number of ether oxygens (including phenoxy) is 1. The Labute approximate surface area is 74.1 Å².